The minimum atomic E-state index is -5.62. The van der Waals surface area contributed by atoms with E-state index in [0.717, 1.165) is 54.7 Å². The van der Waals surface area contributed by atoms with Crippen molar-refractivity contribution in [3.05, 3.63) is 12.7 Å². The molecule has 13 N–H and O–H groups in total. The van der Waals surface area contributed by atoms with Crippen LogP contribution in [0.15, 0.2) is 12.7 Å². The molecule has 2 amide bonds. The number of nitrogens with two attached hydrogens (primary N) is 1. The number of ketones is 1. The van der Waals surface area contributed by atoms with Crippen LogP contribution in [-0.4, -0.2) is 162 Å². The van der Waals surface area contributed by atoms with Crippen molar-refractivity contribution in [1.29, 1.82) is 0 Å². The van der Waals surface area contributed by atoms with Crippen LogP contribution in [0, 0.1) is 57.2 Å². The smallest absolute Gasteiger partial charge is 0.393 e. The van der Waals surface area contributed by atoms with Gasteiger partial charge in [-0.2, -0.15) is 4.31 Å². The van der Waals surface area contributed by atoms with Gasteiger partial charge in [0.25, 0.3) is 0 Å². The molecule has 1 aliphatic heterocycles. The first kappa shape index (κ1) is 65.6. The minimum absolute atomic E-state index is 0.0177. The van der Waals surface area contributed by atoms with Gasteiger partial charge in [0, 0.05) is 37.1 Å². The highest BCUT2D eigenvalue weighted by Gasteiger charge is 2.68. The molecule has 81 heavy (non-hydrogen) atoms. The lowest BCUT2D eigenvalue weighted by Crippen LogP contribution is -2.65. The fourth-order valence-corrected chi connectivity index (χ4v) is 17.5. The Kier molecular flexibility index (Phi) is 20.4. The standard InChI is InChI=1S/C49H80N7O21P3S/c1-25(28-9-10-29-36-30(18-34(60)49(28,29)7)48(6)14-12-27(57)19-47(48,5)20-32(36)59)8-11-31(58)26(2)45(65)81-17-16-51-35(61)13-15-52-43(64)40(63)46(3,4)22-74-80(71,72)77-79(69,70)73-21-33-39(76-78(66,67)68)38(62)44(75-33)56-24-55-37-41(50)53-23-54-42(37)56/h23-30,32-34,36,38-40,44,57,59-60,62-63H,8-22H2,1-7H3,(H,51,61)(H,52,64)(H,69,70)(H,71,72)(H2,50,53,54)(H2,66,67,68)/t25-,26?,27-,28-,29+,30+,32-,33-,34+,36+,38-,39-,40+,44-,47+,48-,49-/m1/s1. The summed E-state index contributed by atoms with van der Waals surface area (Å²) in [6.45, 7) is 10.6. The number of nitrogens with one attached hydrogen (secondary N) is 2. The molecule has 4 saturated carbocycles. The molecule has 7 rings (SSSR count). The number of ether oxygens (including phenoxy) is 1. The summed E-state index contributed by atoms with van der Waals surface area (Å²) in [5, 5.41) is 60.7. The summed E-state index contributed by atoms with van der Waals surface area (Å²) in [4.78, 5) is 103. The van der Waals surface area contributed by atoms with Crippen LogP contribution in [0.1, 0.15) is 119 Å². The maximum absolute atomic E-state index is 13.4. The van der Waals surface area contributed by atoms with Gasteiger partial charge in [-0.3, -0.25) is 37.3 Å². The number of phosphoric ester groups is 3. The average molecular weight is 1230 g/mol. The van der Waals surface area contributed by atoms with Crippen molar-refractivity contribution in [1.82, 2.24) is 30.2 Å². The van der Waals surface area contributed by atoms with Crippen molar-refractivity contribution >= 4 is 74.9 Å². The van der Waals surface area contributed by atoms with E-state index in [9.17, 15) is 78.0 Å². The molecule has 0 aromatic carbocycles. The SMILES string of the molecule is CC(C(=O)CC[C@@H](C)[C@H]1CC[C@H]2[C@@H]3[C@H](O)C[C@]4(C)C[C@H](O)CC[C@]4(C)[C@H]3C[C@H](O)[C@]12C)C(=O)SCCNC(=O)CCNC(=O)[C@H](O)C(C)(C)COP(=O)(O)OP(=O)(O)OC[C@H]1O[C@@H](n2cnc3c(N)ncnc32)[C@H](O)[C@@H]1OP(=O)(O)O. The second kappa shape index (κ2) is 25.2. The lowest BCUT2D eigenvalue weighted by atomic mass is 9.39. The number of rotatable bonds is 25. The van der Waals surface area contributed by atoms with Gasteiger partial charge < -0.3 is 66.2 Å². The topological polar surface area (TPSA) is 441 Å². The first-order valence-corrected chi connectivity index (χ1v) is 32.7. The summed E-state index contributed by atoms with van der Waals surface area (Å²) >= 11 is 0.907. The summed E-state index contributed by atoms with van der Waals surface area (Å²) in [6.07, 6.45) is -2.61. The Morgan fingerprint density at radius 2 is 1.62 bits per heavy atom. The van der Waals surface area contributed by atoms with E-state index in [4.69, 9.17) is 19.5 Å². The Bertz CT molecular complexity index is 2780. The fraction of sp³-hybridized carbons (Fsp3) is 0.816. The molecule has 3 heterocycles. The first-order chi connectivity index (χ1) is 37.5. The molecule has 2 aromatic rings. The molecule has 32 heteroatoms. The largest absolute Gasteiger partial charge is 0.481 e. The number of aromatic nitrogens is 4. The number of nitrogens with zero attached hydrogens (tertiary/aromatic N) is 4. The number of imidazole rings is 1. The number of anilines is 1. The Hall–Kier alpha value is -2.89. The van der Waals surface area contributed by atoms with Gasteiger partial charge in [-0.15, -0.1) is 0 Å². The zero-order chi connectivity index (χ0) is 60.0. The van der Waals surface area contributed by atoms with Crippen molar-refractivity contribution < 1.29 is 101 Å². The van der Waals surface area contributed by atoms with Crippen LogP contribution in [0.2, 0.25) is 0 Å². The molecule has 5 aliphatic rings. The molecule has 0 bridgehead atoms. The molecular formula is C49H80N7O21P3S. The lowest BCUT2D eigenvalue weighted by Gasteiger charge is -2.67. The third-order valence-corrected chi connectivity index (χ3v) is 22.8. The number of thioether (sulfide) groups is 1. The minimum Gasteiger partial charge on any atom is -0.393 e. The van der Waals surface area contributed by atoms with E-state index in [0.29, 0.717) is 25.7 Å². The van der Waals surface area contributed by atoms with Crippen molar-refractivity contribution in [2.24, 2.45) is 57.2 Å². The van der Waals surface area contributed by atoms with Gasteiger partial charge in [-0.25, -0.2) is 28.6 Å². The number of Topliss-reactive ketones (excluding diaryl/α,β-unsaturated/α-hetero) is 1. The quantitative estimate of drug-likeness (QED) is 0.0386. The summed E-state index contributed by atoms with van der Waals surface area (Å²) < 4.78 is 62.7. The van der Waals surface area contributed by atoms with Gasteiger partial charge in [-0.1, -0.05) is 53.3 Å². The maximum Gasteiger partial charge on any atom is 0.481 e. The van der Waals surface area contributed by atoms with Crippen LogP contribution in [0.25, 0.3) is 11.2 Å². The van der Waals surface area contributed by atoms with Gasteiger partial charge in [0.15, 0.2) is 22.8 Å². The number of amides is 2. The summed E-state index contributed by atoms with van der Waals surface area (Å²) in [7, 11) is -16.5. The van der Waals surface area contributed by atoms with E-state index in [2.05, 4.69) is 62.1 Å². The highest BCUT2D eigenvalue weighted by Crippen LogP contribution is 2.71. The number of carbonyl (C=O) groups is 4. The number of nitrogen functional groups attached to an aromatic ring is 1. The number of hydrogen-bond acceptors (Lipinski definition) is 22. The molecule has 4 aliphatic carbocycles. The van der Waals surface area contributed by atoms with E-state index in [1.165, 1.54) is 13.8 Å². The molecule has 19 atom stereocenters. The average Bonchev–Trinajstić information content (AvgIpc) is 4.08. The molecular weight excluding hydrogens is 1150 g/mol. The second-order valence-corrected chi connectivity index (χ2v) is 29.5. The van der Waals surface area contributed by atoms with Gasteiger partial charge in [0.2, 0.25) is 11.8 Å². The van der Waals surface area contributed by atoms with Crippen molar-refractivity contribution in [2.75, 3.05) is 37.8 Å². The predicted octanol–water partition coefficient (Wildman–Crippen LogP) is 2.64. The van der Waals surface area contributed by atoms with Crippen LogP contribution in [0.5, 0.6) is 0 Å². The monoisotopic (exact) mass is 1230 g/mol. The highest BCUT2D eigenvalue weighted by atomic mass is 32.2. The zero-order valence-electron chi connectivity index (χ0n) is 46.4. The van der Waals surface area contributed by atoms with E-state index in [1.807, 2.05) is 0 Å². The normalized spacial score (nSPS) is 34.9. The van der Waals surface area contributed by atoms with Gasteiger partial charge in [0.1, 0.15) is 42.0 Å². The van der Waals surface area contributed by atoms with E-state index in [1.54, 1.807) is 6.92 Å². The summed E-state index contributed by atoms with van der Waals surface area (Å²) in [5.41, 5.74) is 3.48. The number of aliphatic hydroxyl groups excluding tert-OH is 5. The first-order valence-electron chi connectivity index (χ1n) is 27.2. The number of phosphoric acid groups is 3. The van der Waals surface area contributed by atoms with Crippen LogP contribution in [0.3, 0.4) is 0 Å². The Balaban J connectivity index is 0.783. The maximum atomic E-state index is 13.4. The Labute approximate surface area is 473 Å². The third kappa shape index (κ3) is 14.4. The van der Waals surface area contributed by atoms with Crippen LogP contribution >= 0.6 is 35.2 Å². The van der Waals surface area contributed by atoms with Crippen LogP contribution in [-0.2, 0) is 55.5 Å². The Morgan fingerprint density at radius 3 is 2.31 bits per heavy atom. The predicted molar refractivity (Wildman–Crippen MR) is 288 cm³/mol. The van der Waals surface area contributed by atoms with Crippen molar-refractivity contribution in [3.8, 4) is 0 Å². The number of hydrogen-bond donors (Lipinski definition) is 12. The molecule has 5 fully saturated rings. The van der Waals surface area contributed by atoms with Crippen LogP contribution in [0.4, 0.5) is 5.82 Å². The van der Waals surface area contributed by atoms with Crippen LogP contribution < -0.4 is 16.4 Å². The second-order valence-electron chi connectivity index (χ2n) is 24.2. The van der Waals surface area contributed by atoms with Crippen molar-refractivity contribution in [3.63, 3.8) is 0 Å². The van der Waals surface area contributed by atoms with Gasteiger partial charge in [-0.05, 0) is 104 Å². The summed E-state index contributed by atoms with van der Waals surface area (Å²) in [5.74, 6) is -1.95. The lowest BCUT2D eigenvalue weighted by molar-refractivity contribution is -0.233. The number of aliphatic hydroxyl groups is 5. The highest BCUT2D eigenvalue weighted by molar-refractivity contribution is 8.13. The van der Waals surface area contributed by atoms with Gasteiger partial charge >= 0.3 is 23.5 Å². The summed E-state index contributed by atoms with van der Waals surface area (Å²) in [6, 6.07) is 0. The zero-order valence-corrected chi connectivity index (χ0v) is 49.9. The number of carbonyl (C=O) groups excluding carboxylic acids is 4. The molecule has 1 saturated heterocycles. The Morgan fingerprint density at radius 1 is 0.926 bits per heavy atom. The fourth-order valence-electron chi connectivity index (χ4n) is 13.9. The molecule has 2 aromatic heterocycles. The molecule has 0 radical (unpaired) electrons. The molecule has 0 spiro atoms. The van der Waals surface area contributed by atoms with E-state index in [-0.39, 0.29) is 106 Å². The number of fused-ring (bicyclic) bond motifs is 6. The molecule has 28 nitrogen and oxygen atoms in total. The molecule has 458 valence electrons. The van der Waals surface area contributed by atoms with Crippen molar-refractivity contribution in [2.45, 2.75) is 162 Å². The molecule has 3 unspecified atom stereocenters. The van der Waals surface area contributed by atoms with Gasteiger partial charge in [0.05, 0.1) is 43.8 Å². The van der Waals surface area contributed by atoms with E-state index < -0.39 is 108 Å². The van der Waals surface area contributed by atoms with E-state index >= 15 is 0 Å². The third-order valence-electron chi connectivity index (χ3n) is 18.6.